The highest BCUT2D eigenvalue weighted by molar-refractivity contribution is 5.89. The summed E-state index contributed by atoms with van der Waals surface area (Å²) in [6.07, 6.45) is 0. The Morgan fingerprint density at radius 3 is 2.08 bits per heavy atom. The van der Waals surface area contributed by atoms with Crippen molar-refractivity contribution in [1.82, 2.24) is 0 Å². The van der Waals surface area contributed by atoms with Crippen LogP contribution in [0.2, 0.25) is 0 Å². The minimum atomic E-state index is -1.99. The van der Waals surface area contributed by atoms with Gasteiger partial charge in [0.2, 0.25) is 0 Å². The lowest BCUT2D eigenvalue weighted by molar-refractivity contribution is -0.133. The number of para-hydroxylation sites is 2. The van der Waals surface area contributed by atoms with Crippen molar-refractivity contribution in [3.05, 3.63) is 95.6 Å². The zero-order chi connectivity index (χ0) is 17.9. The molecule has 0 aromatic heterocycles. The molecule has 3 N–H and O–H groups in total. The molecule has 0 spiro atoms. The van der Waals surface area contributed by atoms with E-state index in [1.54, 1.807) is 54.6 Å². The van der Waals surface area contributed by atoms with Gasteiger partial charge in [-0.3, -0.25) is 4.79 Å². The predicted molar refractivity (Wildman–Crippen MR) is 96.3 cm³/mol. The molecule has 4 nitrogen and oxygen atoms in total. The van der Waals surface area contributed by atoms with Crippen LogP contribution in [0, 0.1) is 6.92 Å². The van der Waals surface area contributed by atoms with E-state index in [0.717, 1.165) is 5.56 Å². The first-order valence-electron chi connectivity index (χ1n) is 7.94. The number of hydrogen-bond acceptors (Lipinski definition) is 3. The SMILES string of the molecule is Cc1ccccc1Oc1ccccc1C(O)(C(N)=O)c1ccccc1. The molecule has 0 fully saturated rings. The lowest BCUT2D eigenvalue weighted by Crippen LogP contribution is -2.42. The molecule has 0 saturated heterocycles. The third kappa shape index (κ3) is 3.12. The first-order chi connectivity index (χ1) is 12.0. The van der Waals surface area contributed by atoms with Crippen LogP contribution in [-0.2, 0) is 10.4 Å². The summed E-state index contributed by atoms with van der Waals surface area (Å²) < 4.78 is 5.99. The van der Waals surface area contributed by atoms with Crippen LogP contribution in [0.5, 0.6) is 11.5 Å². The fourth-order valence-electron chi connectivity index (χ4n) is 2.75. The standard InChI is InChI=1S/C21H19NO3/c1-15-9-5-7-13-18(15)25-19-14-8-6-12-17(19)21(24,20(22)23)16-10-3-2-4-11-16/h2-14,24H,1H3,(H2,22,23). The molecule has 0 aliphatic heterocycles. The summed E-state index contributed by atoms with van der Waals surface area (Å²) in [4.78, 5) is 12.2. The second-order valence-corrected chi connectivity index (χ2v) is 5.80. The third-order valence-corrected chi connectivity index (χ3v) is 4.14. The zero-order valence-corrected chi connectivity index (χ0v) is 13.8. The van der Waals surface area contributed by atoms with Gasteiger partial charge in [-0.2, -0.15) is 0 Å². The van der Waals surface area contributed by atoms with Crippen LogP contribution in [0.1, 0.15) is 16.7 Å². The highest BCUT2D eigenvalue weighted by Gasteiger charge is 2.40. The van der Waals surface area contributed by atoms with Crippen LogP contribution >= 0.6 is 0 Å². The number of aryl methyl sites for hydroxylation is 1. The number of amides is 1. The summed E-state index contributed by atoms with van der Waals surface area (Å²) in [5.74, 6) is 0.163. The summed E-state index contributed by atoms with van der Waals surface area (Å²) in [6, 6.07) is 23.0. The van der Waals surface area contributed by atoms with Crippen molar-refractivity contribution in [3.8, 4) is 11.5 Å². The first-order valence-corrected chi connectivity index (χ1v) is 7.94. The molecular formula is C21H19NO3. The highest BCUT2D eigenvalue weighted by Crippen LogP contribution is 2.38. The Labute approximate surface area is 146 Å². The summed E-state index contributed by atoms with van der Waals surface area (Å²) in [7, 11) is 0. The van der Waals surface area contributed by atoms with Gasteiger partial charge in [-0.15, -0.1) is 0 Å². The molecule has 1 unspecified atom stereocenters. The maximum atomic E-state index is 12.2. The van der Waals surface area contributed by atoms with E-state index in [0.29, 0.717) is 22.6 Å². The van der Waals surface area contributed by atoms with Crippen molar-refractivity contribution >= 4 is 5.91 Å². The van der Waals surface area contributed by atoms with Crippen LogP contribution in [0.3, 0.4) is 0 Å². The number of carbonyl (C=O) groups excluding carboxylic acids is 1. The Morgan fingerprint density at radius 1 is 0.880 bits per heavy atom. The van der Waals surface area contributed by atoms with Crippen LogP contribution in [-0.4, -0.2) is 11.0 Å². The van der Waals surface area contributed by atoms with Crippen LogP contribution in [0.15, 0.2) is 78.9 Å². The van der Waals surface area contributed by atoms with Crippen molar-refractivity contribution in [3.63, 3.8) is 0 Å². The molecule has 0 radical (unpaired) electrons. The summed E-state index contributed by atoms with van der Waals surface area (Å²) >= 11 is 0. The second-order valence-electron chi connectivity index (χ2n) is 5.80. The van der Waals surface area contributed by atoms with E-state index >= 15 is 0 Å². The Bertz CT molecular complexity index is 892. The minimum Gasteiger partial charge on any atom is -0.457 e. The van der Waals surface area contributed by atoms with Gasteiger partial charge in [-0.25, -0.2) is 0 Å². The number of carbonyl (C=O) groups is 1. The maximum absolute atomic E-state index is 12.2. The van der Waals surface area contributed by atoms with E-state index in [4.69, 9.17) is 10.5 Å². The number of primary amides is 1. The molecular weight excluding hydrogens is 314 g/mol. The van der Waals surface area contributed by atoms with Gasteiger partial charge in [-0.05, 0) is 30.2 Å². The summed E-state index contributed by atoms with van der Waals surface area (Å²) in [5, 5.41) is 11.2. The molecule has 1 atom stereocenters. The largest absolute Gasteiger partial charge is 0.457 e. The maximum Gasteiger partial charge on any atom is 0.258 e. The Hall–Kier alpha value is -3.11. The van der Waals surface area contributed by atoms with Crippen LogP contribution < -0.4 is 10.5 Å². The van der Waals surface area contributed by atoms with E-state index in [1.165, 1.54) is 0 Å². The fourth-order valence-corrected chi connectivity index (χ4v) is 2.75. The Morgan fingerprint density at radius 2 is 1.44 bits per heavy atom. The number of ether oxygens (including phenoxy) is 1. The van der Waals surface area contributed by atoms with Crippen LogP contribution in [0.25, 0.3) is 0 Å². The molecule has 126 valence electrons. The molecule has 3 aromatic carbocycles. The van der Waals surface area contributed by atoms with Crippen molar-refractivity contribution in [1.29, 1.82) is 0 Å². The number of nitrogens with two attached hydrogens (primary N) is 1. The van der Waals surface area contributed by atoms with Crippen molar-refractivity contribution in [2.75, 3.05) is 0 Å². The molecule has 25 heavy (non-hydrogen) atoms. The monoisotopic (exact) mass is 333 g/mol. The molecule has 0 aliphatic rings. The fraction of sp³-hybridized carbons (Fsp3) is 0.0952. The molecule has 0 bridgehead atoms. The minimum absolute atomic E-state index is 0.303. The van der Waals surface area contributed by atoms with Gasteiger partial charge in [0.05, 0.1) is 0 Å². The lowest BCUT2D eigenvalue weighted by atomic mass is 9.85. The molecule has 1 amide bonds. The molecule has 3 rings (SSSR count). The van der Waals surface area contributed by atoms with E-state index in [1.807, 2.05) is 31.2 Å². The highest BCUT2D eigenvalue weighted by atomic mass is 16.5. The molecule has 3 aromatic rings. The van der Waals surface area contributed by atoms with E-state index in [-0.39, 0.29) is 0 Å². The third-order valence-electron chi connectivity index (χ3n) is 4.14. The predicted octanol–water partition coefficient (Wildman–Crippen LogP) is 3.51. The number of benzene rings is 3. The second kappa shape index (κ2) is 6.79. The van der Waals surface area contributed by atoms with E-state index < -0.39 is 11.5 Å². The molecule has 0 aliphatic carbocycles. The summed E-state index contributed by atoms with van der Waals surface area (Å²) in [6.45, 7) is 1.93. The molecule has 0 saturated carbocycles. The average molecular weight is 333 g/mol. The van der Waals surface area contributed by atoms with E-state index in [9.17, 15) is 9.90 Å². The first kappa shape index (κ1) is 16.7. The number of hydrogen-bond donors (Lipinski definition) is 2. The van der Waals surface area contributed by atoms with Crippen molar-refractivity contribution in [2.24, 2.45) is 5.73 Å². The van der Waals surface area contributed by atoms with Gasteiger partial charge in [0.15, 0.2) is 5.60 Å². The smallest absolute Gasteiger partial charge is 0.258 e. The van der Waals surface area contributed by atoms with Gasteiger partial charge < -0.3 is 15.6 Å². The average Bonchev–Trinajstić information content (AvgIpc) is 2.64. The normalized spacial score (nSPS) is 13.0. The van der Waals surface area contributed by atoms with Gasteiger partial charge in [-0.1, -0.05) is 66.7 Å². The van der Waals surface area contributed by atoms with Gasteiger partial charge in [0.1, 0.15) is 11.5 Å². The molecule has 4 heteroatoms. The zero-order valence-electron chi connectivity index (χ0n) is 13.8. The van der Waals surface area contributed by atoms with Gasteiger partial charge in [0.25, 0.3) is 5.91 Å². The number of aliphatic hydroxyl groups is 1. The van der Waals surface area contributed by atoms with Gasteiger partial charge >= 0.3 is 0 Å². The Kier molecular flexibility index (Phi) is 4.55. The summed E-state index contributed by atoms with van der Waals surface area (Å²) in [5.41, 5.74) is 5.24. The number of rotatable bonds is 5. The van der Waals surface area contributed by atoms with Gasteiger partial charge in [0, 0.05) is 5.56 Å². The van der Waals surface area contributed by atoms with Crippen molar-refractivity contribution < 1.29 is 14.6 Å². The van der Waals surface area contributed by atoms with E-state index in [2.05, 4.69) is 0 Å². The van der Waals surface area contributed by atoms with Crippen LogP contribution in [0.4, 0.5) is 0 Å². The van der Waals surface area contributed by atoms with Crippen molar-refractivity contribution in [2.45, 2.75) is 12.5 Å². The quantitative estimate of drug-likeness (QED) is 0.750. The molecule has 0 heterocycles. The lowest BCUT2D eigenvalue weighted by Gasteiger charge is -2.27. The topological polar surface area (TPSA) is 72.6 Å². The Balaban J connectivity index is 2.13.